The Morgan fingerprint density at radius 3 is 2.83 bits per heavy atom. The average Bonchev–Trinajstić information content (AvgIpc) is 3.34. The van der Waals surface area contributed by atoms with Crippen LogP contribution in [0, 0.1) is 6.92 Å². The van der Waals surface area contributed by atoms with E-state index in [-0.39, 0.29) is 12.3 Å². The van der Waals surface area contributed by atoms with Crippen molar-refractivity contribution in [1.82, 2.24) is 14.8 Å². The van der Waals surface area contributed by atoms with E-state index in [0.29, 0.717) is 22.4 Å². The molecule has 0 aliphatic heterocycles. The van der Waals surface area contributed by atoms with E-state index in [2.05, 4.69) is 21.5 Å². The van der Waals surface area contributed by atoms with E-state index in [0.717, 1.165) is 21.8 Å². The Morgan fingerprint density at radius 1 is 1.17 bits per heavy atom. The van der Waals surface area contributed by atoms with Crippen LogP contribution in [0.4, 0.5) is 5.82 Å². The second-order valence-corrected chi connectivity index (χ2v) is 8.55. The van der Waals surface area contributed by atoms with Gasteiger partial charge in [-0.3, -0.25) is 4.79 Å². The first-order chi connectivity index (χ1) is 14.5. The predicted octanol–water partition coefficient (Wildman–Crippen LogP) is 5.85. The van der Waals surface area contributed by atoms with Crippen molar-refractivity contribution in [3.63, 3.8) is 0 Å². The van der Waals surface area contributed by atoms with Crippen LogP contribution < -0.4 is 5.32 Å². The van der Waals surface area contributed by atoms with Crippen molar-refractivity contribution in [3.05, 3.63) is 87.0 Å². The number of carbonyl (C=O) groups excluding carboxylic acids is 1. The van der Waals surface area contributed by atoms with Crippen molar-refractivity contribution in [1.29, 1.82) is 0 Å². The molecule has 0 saturated carbocycles. The zero-order valence-electron chi connectivity index (χ0n) is 16.1. The van der Waals surface area contributed by atoms with E-state index in [4.69, 9.17) is 23.2 Å². The lowest BCUT2D eigenvalue weighted by molar-refractivity contribution is -0.115. The highest BCUT2D eigenvalue weighted by Crippen LogP contribution is 2.25. The molecule has 0 bridgehead atoms. The molecule has 4 aromatic rings. The predicted molar refractivity (Wildman–Crippen MR) is 122 cm³/mol. The molecule has 30 heavy (non-hydrogen) atoms. The number of nitrogens with one attached hydrogen (secondary N) is 1. The summed E-state index contributed by atoms with van der Waals surface area (Å²) < 4.78 is 1.69. The van der Waals surface area contributed by atoms with Gasteiger partial charge < -0.3 is 5.32 Å². The molecule has 152 valence electrons. The number of benzene rings is 2. The smallest absolute Gasteiger partial charge is 0.231 e. The van der Waals surface area contributed by atoms with E-state index in [9.17, 15) is 4.79 Å². The summed E-state index contributed by atoms with van der Waals surface area (Å²) in [6.07, 6.45) is 1.83. The molecule has 8 heteroatoms. The van der Waals surface area contributed by atoms with Crippen LogP contribution in [-0.2, 0) is 17.8 Å². The molecule has 1 amide bonds. The van der Waals surface area contributed by atoms with Crippen LogP contribution in [0.25, 0.3) is 10.6 Å². The minimum Gasteiger partial charge on any atom is -0.311 e. The van der Waals surface area contributed by atoms with Gasteiger partial charge in [-0.15, -0.1) is 11.3 Å². The van der Waals surface area contributed by atoms with Gasteiger partial charge in [0.25, 0.3) is 0 Å². The molecule has 0 aliphatic rings. The highest BCUT2D eigenvalue weighted by atomic mass is 35.5. The third-order valence-electron chi connectivity index (χ3n) is 4.48. The largest absolute Gasteiger partial charge is 0.311 e. The molecular weight excluding hydrogens is 439 g/mol. The van der Waals surface area contributed by atoms with Crippen LogP contribution in [-0.4, -0.2) is 20.7 Å². The van der Waals surface area contributed by atoms with Gasteiger partial charge in [-0.2, -0.15) is 5.10 Å². The van der Waals surface area contributed by atoms with Crippen LogP contribution in [0.2, 0.25) is 10.0 Å². The first-order valence-corrected chi connectivity index (χ1v) is 10.9. The Morgan fingerprint density at radius 2 is 2.03 bits per heavy atom. The number of hydrogen-bond donors (Lipinski definition) is 1. The fourth-order valence-corrected chi connectivity index (χ4v) is 4.31. The van der Waals surface area contributed by atoms with Gasteiger partial charge in [-0.25, -0.2) is 9.67 Å². The summed E-state index contributed by atoms with van der Waals surface area (Å²) in [6.45, 7) is 2.47. The van der Waals surface area contributed by atoms with E-state index in [1.165, 1.54) is 16.9 Å². The molecule has 1 N–H and O–H groups in total. The molecular formula is C22H18Cl2N4OS. The van der Waals surface area contributed by atoms with Crippen molar-refractivity contribution in [3.8, 4) is 10.6 Å². The summed E-state index contributed by atoms with van der Waals surface area (Å²) in [5.41, 5.74) is 3.84. The SMILES string of the molecule is Cc1cccc(-c2nc(CC(=O)Nc3ccnn3Cc3ccc(Cl)cc3Cl)cs2)c1. The normalized spacial score (nSPS) is 10.9. The van der Waals surface area contributed by atoms with E-state index >= 15 is 0 Å². The zero-order valence-corrected chi connectivity index (χ0v) is 18.4. The van der Waals surface area contributed by atoms with Crippen LogP contribution >= 0.6 is 34.5 Å². The monoisotopic (exact) mass is 456 g/mol. The van der Waals surface area contributed by atoms with Crippen molar-refractivity contribution < 1.29 is 4.79 Å². The molecule has 0 aliphatic carbocycles. The van der Waals surface area contributed by atoms with Crippen molar-refractivity contribution in [2.24, 2.45) is 0 Å². The number of aryl methyl sites for hydroxylation is 1. The summed E-state index contributed by atoms with van der Waals surface area (Å²) in [5, 5.41) is 11.1. The summed E-state index contributed by atoms with van der Waals surface area (Å²) in [4.78, 5) is 17.2. The van der Waals surface area contributed by atoms with E-state index in [1.54, 1.807) is 29.1 Å². The van der Waals surface area contributed by atoms with Gasteiger partial charge in [0.1, 0.15) is 10.8 Å². The molecule has 2 aromatic heterocycles. The summed E-state index contributed by atoms with van der Waals surface area (Å²) in [7, 11) is 0. The molecule has 4 rings (SSSR count). The topological polar surface area (TPSA) is 59.8 Å². The summed E-state index contributed by atoms with van der Waals surface area (Å²) in [5.74, 6) is 0.445. The maximum absolute atomic E-state index is 12.6. The number of rotatable bonds is 6. The first-order valence-electron chi connectivity index (χ1n) is 9.25. The second-order valence-electron chi connectivity index (χ2n) is 6.85. The lowest BCUT2D eigenvalue weighted by Gasteiger charge is -2.10. The minimum absolute atomic E-state index is 0.153. The molecule has 0 unspecified atom stereocenters. The van der Waals surface area contributed by atoms with E-state index in [1.807, 2.05) is 36.6 Å². The van der Waals surface area contributed by atoms with Crippen LogP contribution in [0.5, 0.6) is 0 Å². The fourth-order valence-electron chi connectivity index (χ4n) is 3.03. The lowest BCUT2D eigenvalue weighted by atomic mass is 10.1. The maximum atomic E-state index is 12.6. The Hall–Kier alpha value is -2.67. The molecule has 5 nitrogen and oxygen atoms in total. The zero-order chi connectivity index (χ0) is 21.1. The molecule has 2 aromatic carbocycles. The van der Waals surface area contributed by atoms with Crippen molar-refractivity contribution >= 4 is 46.3 Å². The van der Waals surface area contributed by atoms with Gasteiger partial charge in [0.05, 0.1) is 24.9 Å². The summed E-state index contributed by atoms with van der Waals surface area (Å²) in [6, 6.07) is 15.2. The van der Waals surface area contributed by atoms with Gasteiger partial charge in [0, 0.05) is 27.1 Å². The molecule has 0 fully saturated rings. The lowest BCUT2D eigenvalue weighted by Crippen LogP contribution is -2.18. The highest BCUT2D eigenvalue weighted by Gasteiger charge is 2.13. The molecule has 2 heterocycles. The number of halogens is 2. The van der Waals surface area contributed by atoms with E-state index < -0.39 is 0 Å². The van der Waals surface area contributed by atoms with Gasteiger partial charge in [-0.05, 0) is 30.7 Å². The second kappa shape index (κ2) is 9.00. The van der Waals surface area contributed by atoms with Crippen LogP contribution in [0.1, 0.15) is 16.8 Å². The number of aromatic nitrogens is 3. The number of anilines is 1. The third-order valence-corrected chi connectivity index (χ3v) is 6.00. The Labute approximate surface area is 188 Å². The first kappa shape index (κ1) is 20.6. The maximum Gasteiger partial charge on any atom is 0.231 e. The van der Waals surface area contributed by atoms with Gasteiger partial charge in [-0.1, -0.05) is 53.0 Å². The minimum atomic E-state index is -0.153. The van der Waals surface area contributed by atoms with Gasteiger partial charge >= 0.3 is 0 Å². The fraction of sp³-hybridized carbons (Fsp3) is 0.136. The molecule has 0 saturated heterocycles. The number of nitrogens with zero attached hydrogens (tertiary/aromatic N) is 3. The Bertz CT molecular complexity index is 1200. The number of carbonyl (C=O) groups is 1. The number of amides is 1. The average molecular weight is 457 g/mol. The standard InChI is InChI=1S/C22H18Cl2N4OS/c1-14-3-2-4-15(9-14)22-26-18(13-30-22)11-21(29)27-20-7-8-25-28(20)12-16-5-6-17(23)10-19(16)24/h2-10,13H,11-12H2,1H3,(H,27,29). The summed E-state index contributed by atoms with van der Waals surface area (Å²) >= 11 is 13.7. The molecule has 0 spiro atoms. The van der Waals surface area contributed by atoms with Gasteiger partial charge in [0.15, 0.2) is 0 Å². The number of thiazole rings is 1. The van der Waals surface area contributed by atoms with Crippen LogP contribution in [0.15, 0.2) is 60.1 Å². The van der Waals surface area contributed by atoms with Crippen molar-refractivity contribution in [2.45, 2.75) is 19.9 Å². The third kappa shape index (κ3) is 4.90. The van der Waals surface area contributed by atoms with Gasteiger partial charge in [0.2, 0.25) is 5.91 Å². The quantitative estimate of drug-likeness (QED) is 0.395. The Kier molecular flexibility index (Phi) is 6.18. The molecule has 0 atom stereocenters. The highest BCUT2D eigenvalue weighted by molar-refractivity contribution is 7.13. The van der Waals surface area contributed by atoms with Crippen LogP contribution in [0.3, 0.4) is 0 Å². The number of hydrogen-bond acceptors (Lipinski definition) is 4. The Balaban J connectivity index is 1.42. The molecule has 0 radical (unpaired) electrons. The van der Waals surface area contributed by atoms with Crippen molar-refractivity contribution in [2.75, 3.05) is 5.32 Å².